The van der Waals surface area contributed by atoms with Gasteiger partial charge >= 0.3 is 5.97 Å². The van der Waals surface area contributed by atoms with Gasteiger partial charge in [0.1, 0.15) is 5.82 Å². The van der Waals surface area contributed by atoms with Gasteiger partial charge in [-0.1, -0.05) is 12.1 Å². The van der Waals surface area contributed by atoms with Crippen LogP contribution in [0.1, 0.15) is 24.5 Å². The number of methoxy groups -OCH3 is 1. The predicted molar refractivity (Wildman–Crippen MR) is 71.9 cm³/mol. The van der Waals surface area contributed by atoms with Crippen LogP contribution in [0.3, 0.4) is 0 Å². The first-order valence-corrected chi connectivity index (χ1v) is 6.42. The summed E-state index contributed by atoms with van der Waals surface area (Å²) in [5.41, 5.74) is 0.548. The number of aliphatic hydroxyl groups excluding tert-OH is 1. The zero-order valence-corrected chi connectivity index (χ0v) is 11.4. The van der Waals surface area contributed by atoms with Crippen LogP contribution in [0, 0.1) is 5.82 Å². The van der Waals surface area contributed by atoms with E-state index in [1.54, 1.807) is 7.11 Å². The molecule has 0 radical (unpaired) electrons. The van der Waals surface area contributed by atoms with Crippen LogP contribution < -0.4 is 5.32 Å². The Morgan fingerprint density at radius 1 is 1.40 bits per heavy atom. The molecule has 1 rings (SSSR count). The lowest BCUT2D eigenvalue weighted by Crippen LogP contribution is -2.37. The molecule has 3 N–H and O–H groups in total. The highest BCUT2D eigenvalue weighted by Crippen LogP contribution is 2.20. The summed E-state index contributed by atoms with van der Waals surface area (Å²) in [6, 6.07) is 5.09. The van der Waals surface area contributed by atoms with Gasteiger partial charge < -0.3 is 20.3 Å². The third kappa shape index (κ3) is 5.64. The Labute approximate surface area is 117 Å². The number of aliphatic hydroxyl groups is 1. The highest BCUT2D eigenvalue weighted by atomic mass is 19.1. The molecule has 0 saturated carbocycles. The smallest absolute Gasteiger partial charge is 0.303 e. The van der Waals surface area contributed by atoms with Gasteiger partial charge in [-0.2, -0.15) is 0 Å². The van der Waals surface area contributed by atoms with Crippen LogP contribution in [-0.4, -0.2) is 42.5 Å². The number of aliphatic carboxylic acids is 1. The molecule has 0 saturated heterocycles. The number of rotatable bonds is 9. The normalized spacial score (nSPS) is 13.9. The number of ether oxygens (including phenoxy) is 1. The fourth-order valence-corrected chi connectivity index (χ4v) is 1.89. The third-order valence-corrected chi connectivity index (χ3v) is 2.97. The highest BCUT2D eigenvalue weighted by Gasteiger charge is 2.21. The van der Waals surface area contributed by atoms with Gasteiger partial charge in [-0.15, -0.1) is 0 Å². The summed E-state index contributed by atoms with van der Waals surface area (Å²) < 4.78 is 17.8. The van der Waals surface area contributed by atoms with Crippen molar-refractivity contribution in [3.63, 3.8) is 0 Å². The van der Waals surface area contributed by atoms with Crippen LogP contribution in [0.25, 0.3) is 0 Å². The number of nitrogens with one attached hydrogen (secondary N) is 1. The molecule has 0 bridgehead atoms. The average molecular weight is 285 g/mol. The first-order valence-electron chi connectivity index (χ1n) is 6.42. The van der Waals surface area contributed by atoms with Crippen LogP contribution in [0.4, 0.5) is 4.39 Å². The second kappa shape index (κ2) is 8.63. The van der Waals surface area contributed by atoms with Crippen LogP contribution in [0.15, 0.2) is 24.3 Å². The average Bonchev–Trinajstić information content (AvgIpc) is 2.42. The molecule has 0 aromatic heterocycles. The van der Waals surface area contributed by atoms with E-state index < -0.39 is 18.1 Å². The quantitative estimate of drug-likeness (QED) is 0.597. The maximum atomic E-state index is 12.9. The maximum Gasteiger partial charge on any atom is 0.303 e. The molecule has 0 spiro atoms. The number of hydrogen-bond donors (Lipinski definition) is 3. The summed E-state index contributed by atoms with van der Waals surface area (Å²) in [7, 11) is 1.56. The SMILES string of the molecule is COCCNC(CCC(=O)O)C(O)c1ccc(F)cc1. The number of carboxylic acid groups (broad SMARTS) is 1. The van der Waals surface area contributed by atoms with Crippen molar-refractivity contribution in [3.05, 3.63) is 35.6 Å². The van der Waals surface area contributed by atoms with E-state index in [1.165, 1.54) is 24.3 Å². The molecule has 112 valence electrons. The van der Waals surface area contributed by atoms with E-state index in [4.69, 9.17) is 9.84 Å². The summed E-state index contributed by atoms with van der Waals surface area (Å²) in [5, 5.41) is 22.1. The van der Waals surface area contributed by atoms with Crippen LogP contribution in [0.5, 0.6) is 0 Å². The molecule has 6 heteroatoms. The fraction of sp³-hybridized carbons (Fsp3) is 0.500. The van der Waals surface area contributed by atoms with Crippen molar-refractivity contribution in [3.8, 4) is 0 Å². The lowest BCUT2D eigenvalue weighted by Gasteiger charge is -2.24. The molecule has 1 aromatic rings. The van der Waals surface area contributed by atoms with Gasteiger partial charge in [-0.25, -0.2) is 4.39 Å². The summed E-state index contributed by atoms with van der Waals surface area (Å²) in [4.78, 5) is 10.7. The van der Waals surface area contributed by atoms with E-state index >= 15 is 0 Å². The van der Waals surface area contributed by atoms with Crippen LogP contribution in [-0.2, 0) is 9.53 Å². The monoisotopic (exact) mass is 285 g/mol. The summed E-state index contributed by atoms with van der Waals surface area (Å²) in [6.07, 6.45) is -0.674. The molecule has 2 atom stereocenters. The Balaban J connectivity index is 2.68. The van der Waals surface area contributed by atoms with Gasteiger partial charge in [0, 0.05) is 26.1 Å². The number of carboxylic acids is 1. The molecule has 0 heterocycles. The number of carbonyl (C=O) groups is 1. The number of benzene rings is 1. The molecule has 0 amide bonds. The molecule has 0 fully saturated rings. The van der Waals surface area contributed by atoms with Crippen LogP contribution >= 0.6 is 0 Å². The highest BCUT2D eigenvalue weighted by molar-refractivity contribution is 5.66. The van der Waals surface area contributed by atoms with Crippen molar-refractivity contribution in [2.75, 3.05) is 20.3 Å². The van der Waals surface area contributed by atoms with E-state index in [0.717, 1.165) is 0 Å². The lowest BCUT2D eigenvalue weighted by molar-refractivity contribution is -0.137. The summed E-state index contributed by atoms with van der Waals surface area (Å²) >= 11 is 0. The third-order valence-electron chi connectivity index (χ3n) is 2.97. The van der Waals surface area contributed by atoms with Gasteiger partial charge in [-0.3, -0.25) is 4.79 Å². The molecule has 20 heavy (non-hydrogen) atoms. The largest absolute Gasteiger partial charge is 0.481 e. The Bertz CT molecular complexity index is 410. The molecule has 0 aliphatic heterocycles. The lowest BCUT2D eigenvalue weighted by atomic mass is 9.98. The Hall–Kier alpha value is -1.50. The molecule has 0 aliphatic rings. The zero-order valence-electron chi connectivity index (χ0n) is 11.4. The van der Waals surface area contributed by atoms with Gasteiger partial charge in [0.05, 0.1) is 12.7 Å². The number of halogens is 1. The Morgan fingerprint density at radius 2 is 2.05 bits per heavy atom. The fourth-order valence-electron chi connectivity index (χ4n) is 1.89. The minimum atomic E-state index is -0.921. The standard InChI is InChI=1S/C14H20FNO4/c1-20-9-8-16-12(6-7-13(17)18)14(19)10-2-4-11(15)5-3-10/h2-5,12,14,16,19H,6-9H2,1H3,(H,17,18). The Morgan fingerprint density at radius 3 is 2.60 bits per heavy atom. The van der Waals surface area contributed by atoms with E-state index in [-0.39, 0.29) is 18.7 Å². The van der Waals surface area contributed by atoms with E-state index in [9.17, 15) is 14.3 Å². The van der Waals surface area contributed by atoms with Gasteiger partial charge in [0.2, 0.25) is 0 Å². The Kier molecular flexibility index (Phi) is 7.14. The van der Waals surface area contributed by atoms with Crippen molar-refractivity contribution < 1.29 is 24.1 Å². The number of hydrogen-bond acceptors (Lipinski definition) is 4. The first kappa shape index (κ1) is 16.6. The molecule has 1 aromatic carbocycles. The van der Waals surface area contributed by atoms with E-state index in [0.29, 0.717) is 18.7 Å². The van der Waals surface area contributed by atoms with Gasteiger partial charge in [-0.05, 0) is 24.1 Å². The molecule has 0 aliphatic carbocycles. The second-order valence-corrected chi connectivity index (χ2v) is 4.48. The van der Waals surface area contributed by atoms with Crippen molar-refractivity contribution in [2.45, 2.75) is 25.0 Å². The van der Waals surface area contributed by atoms with Gasteiger partial charge in [0.15, 0.2) is 0 Å². The summed E-state index contributed by atoms with van der Waals surface area (Å²) in [6.45, 7) is 0.957. The van der Waals surface area contributed by atoms with Crippen molar-refractivity contribution in [2.24, 2.45) is 0 Å². The molecule has 5 nitrogen and oxygen atoms in total. The zero-order chi connectivity index (χ0) is 15.0. The molecular weight excluding hydrogens is 265 g/mol. The van der Waals surface area contributed by atoms with E-state index in [2.05, 4.69) is 5.32 Å². The van der Waals surface area contributed by atoms with E-state index in [1.807, 2.05) is 0 Å². The topological polar surface area (TPSA) is 78.8 Å². The summed E-state index contributed by atoms with van der Waals surface area (Å²) in [5.74, 6) is -1.30. The van der Waals surface area contributed by atoms with Gasteiger partial charge in [0.25, 0.3) is 0 Å². The minimum absolute atomic E-state index is 0.0527. The minimum Gasteiger partial charge on any atom is -0.481 e. The molecule has 2 unspecified atom stereocenters. The second-order valence-electron chi connectivity index (χ2n) is 4.48. The van der Waals surface area contributed by atoms with Crippen molar-refractivity contribution in [1.29, 1.82) is 0 Å². The maximum absolute atomic E-state index is 12.9. The van der Waals surface area contributed by atoms with Crippen molar-refractivity contribution in [1.82, 2.24) is 5.32 Å². The molecular formula is C14H20FNO4. The van der Waals surface area contributed by atoms with Crippen LogP contribution in [0.2, 0.25) is 0 Å². The first-order chi connectivity index (χ1) is 9.54. The predicted octanol–water partition coefficient (Wildman–Crippen LogP) is 1.33. The van der Waals surface area contributed by atoms with Crippen molar-refractivity contribution >= 4 is 5.97 Å².